The lowest BCUT2D eigenvalue weighted by Crippen LogP contribution is -2.35. The number of pyridine rings is 1. The van der Waals surface area contributed by atoms with Crippen molar-refractivity contribution in [3.8, 4) is 0 Å². The zero-order valence-corrected chi connectivity index (χ0v) is 27.7. The number of alkyl halides is 4. The van der Waals surface area contributed by atoms with Crippen LogP contribution in [0.25, 0.3) is 11.0 Å². The Balaban J connectivity index is 1.28. The van der Waals surface area contributed by atoms with E-state index in [0.717, 1.165) is 18.2 Å². The average molecular weight is 730 g/mol. The van der Waals surface area contributed by atoms with Gasteiger partial charge < -0.3 is 10.1 Å². The molecular formula is C30H31BrF6N6O2Si. The van der Waals surface area contributed by atoms with E-state index in [9.17, 15) is 22.4 Å². The third kappa shape index (κ3) is 6.47. The number of nitrogens with one attached hydrogen (secondary N) is 1. The first-order valence-corrected chi connectivity index (χ1v) is 19.2. The van der Waals surface area contributed by atoms with Crippen molar-refractivity contribution in [3.05, 3.63) is 74.8 Å². The van der Waals surface area contributed by atoms with Crippen LogP contribution in [0.5, 0.6) is 0 Å². The first kappa shape index (κ1) is 32.7. The lowest BCUT2D eigenvalue weighted by molar-refractivity contribution is -0.123. The number of carbonyl (C=O) groups is 1. The van der Waals surface area contributed by atoms with Crippen molar-refractivity contribution in [1.82, 2.24) is 29.9 Å². The highest BCUT2D eigenvalue weighted by molar-refractivity contribution is 9.10. The van der Waals surface area contributed by atoms with Crippen LogP contribution in [0.3, 0.4) is 0 Å². The van der Waals surface area contributed by atoms with Crippen LogP contribution >= 0.6 is 15.9 Å². The van der Waals surface area contributed by atoms with Gasteiger partial charge in [0.15, 0.2) is 0 Å². The molecule has 0 aliphatic heterocycles. The van der Waals surface area contributed by atoms with Gasteiger partial charge in [0.25, 0.3) is 12.3 Å². The number of rotatable bonds is 12. The van der Waals surface area contributed by atoms with Crippen molar-refractivity contribution in [1.29, 1.82) is 0 Å². The van der Waals surface area contributed by atoms with Crippen LogP contribution in [0.15, 0.2) is 34.9 Å². The highest BCUT2D eigenvalue weighted by Crippen LogP contribution is 2.68. The Morgan fingerprint density at radius 2 is 1.85 bits per heavy atom. The summed E-state index contributed by atoms with van der Waals surface area (Å²) < 4.78 is 94.4. The summed E-state index contributed by atoms with van der Waals surface area (Å²) >= 11 is 3.49. The molecule has 1 saturated carbocycles. The summed E-state index contributed by atoms with van der Waals surface area (Å²) in [5.74, 6) is -7.67. The summed E-state index contributed by atoms with van der Waals surface area (Å²) in [5.41, 5.74) is -0.0513. The molecule has 16 heteroatoms. The predicted molar refractivity (Wildman–Crippen MR) is 162 cm³/mol. The maximum absolute atomic E-state index is 15.1. The van der Waals surface area contributed by atoms with Crippen LogP contribution < -0.4 is 5.32 Å². The second kappa shape index (κ2) is 12.1. The van der Waals surface area contributed by atoms with Crippen molar-refractivity contribution in [2.45, 2.75) is 76.1 Å². The first-order chi connectivity index (χ1) is 21.6. The topological polar surface area (TPSA) is 86.9 Å². The minimum absolute atomic E-state index is 0.0905. The summed E-state index contributed by atoms with van der Waals surface area (Å²) in [5, 5.41) is 10.8. The number of ether oxygens (including phenoxy) is 1. The zero-order chi connectivity index (χ0) is 33.1. The minimum Gasteiger partial charge on any atom is -0.360 e. The number of carbonyl (C=O) groups excluding carboxylic acids is 1. The molecule has 3 atom stereocenters. The number of amides is 1. The van der Waals surface area contributed by atoms with Gasteiger partial charge in [-0.2, -0.15) is 19.0 Å². The molecule has 246 valence electrons. The molecular weight excluding hydrogens is 698 g/mol. The molecule has 2 aliphatic carbocycles. The van der Waals surface area contributed by atoms with E-state index in [-0.39, 0.29) is 36.4 Å². The van der Waals surface area contributed by atoms with E-state index < -0.39 is 73.8 Å². The molecule has 1 fully saturated rings. The fraction of sp³-hybridized carbons (Fsp3) is 0.467. The van der Waals surface area contributed by atoms with Crippen LogP contribution in [0, 0.1) is 17.6 Å². The predicted octanol–water partition coefficient (Wildman–Crippen LogP) is 7.23. The summed E-state index contributed by atoms with van der Waals surface area (Å²) in [6, 6.07) is 4.60. The Bertz CT molecular complexity index is 1790. The van der Waals surface area contributed by atoms with E-state index in [1.807, 2.05) is 0 Å². The second-order valence-corrected chi connectivity index (χ2v) is 19.5. The molecule has 46 heavy (non-hydrogen) atoms. The van der Waals surface area contributed by atoms with Gasteiger partial charge in [0.2, 0.25) is 5.91 Å². The molecule has 3 heterocycles. The largest absolute Gasteiger partial charge is 0.360 e. The molecule has 8 nitrogen and oxygen atoms in total. The zero-order valence-electron chi connectivity index (χ0n) is 25.1. The number of nitrogens with zero attached hydrogens (tertiary/aromatic N) is 5. The van der Waals surface area contributed by atoms with Gasteiger partial charge in [-0.1, -0.05) is 19.6 Å². The maximum atomic E-state index is 15.1. The third-order valence-electron chi connectivity index (χ3n) is 8.31. The summed E-state index contributed by atoms with van der Waals surface area (Å²) in [4.78, 5) is 18.0. The van der Waals surface area contributed by atoms with Crippen LogP contribution in [-0.2, 0) is 35.2 Å². The van der Waals surface area contributed by atoms with Gasteiger partial charge in [-0.3, -0.25) is 9.48 Å². The van der Waals surface area contributed by atoms with Crippen molar-refractivity contribution < 1.29 is 35.9 Å². The van der Waals surface area contributed by atoms with Gasteiger partial charge in [0, 0.05) is 36.7 Å². The van der Waals surface area contributed by atoms with E-state index in [1.165, 1.54) is 6.20 Å². The quantitative estimate of drug-likeness (QED) is 0.0946. The third-order valence-corrected chi connectivity index (χ3v) is 10.6. The van der Waals surface area contributed by atoms with Gasteiger partial charge in [-0.25, -0.2) is 27.2 Å². The molecule has 0 saturated heterocycles. The minimum atomic E-state index is -3.40. The molecule has 4 aromatic rings. The fourth-order valence-corrected chi connectivity index (χ4v) is 7.35. The van der Waals surface area contributed by atoms with Gasteiger partial charge >= 0.3 is 0 Å². The highest BCUT2D eigenvalue weighted by atomic mass is 79.9. The molecule has 2 aliphatic rings. The van der Waals surface area contributed by atoms with Gasteiger partial charge in [-0.15, -0.1) is 0 Å². The van der Waals surface area contributed by atoms with Gasteiger partial charge in [0.05, 0.1) is 23.4 Å². The van der Waals surface area contributed by atoms with Gasteiger partial charge in [0.1, 0.15) is 41.8 Å². The number of hydrogen-bond acceptors (Lipinski definition) is 5. The molecule has 3 aromatic heterocycles. The van der Waals surface area contributed by atoms with E-state index >= 15 is 8.78 Å². The van der Waals surface area contributed by atoms with Crippen LogP contribution in [0.2, 0.25) is 25.7 Å². The Labute approximate surface area is 269 Å². The van der Waals surface area contributed by atoms with Crippen molar-refractivity contribution in [2.24, 2.45) is 5.92 Å². The normalized spacial score (nSPS) is 19.0. The van der Waals surface area contributed by atoms with E-state index in [4.69, 9.17) is 4.74 Å². The molecule has 1 N–H and O–H groups in total. The summed E-state index contributed by atoms with van der Waals surface area (Å²) in [6.07, 6.45) is -1.61. The molecule has 0 bridgehead atoms. The Morgan fingerprint density at radius 3 is 2.52 bits per heavy atom. The van der Waals surface area contributed by atoms with E-state index in [2.05, 4.69) is 56.1 Å². The lowest BCUT2D eigenvalue weighted by Gasteiger charge is -2.21. The number of benzene rings is 1. The number of aromatic nitrogens is 5. The summed E-state index contributed by atoms with van der Waals surface area (Å²) in [6.45, 7) is 6.73. The molecule has 0 spiro atoms. The van der Waals surface area contributed by atoms with Crippen LogP contribution in [0.4, 0.5) is 26.3 Å². The maximum Gasteiger partial charge on any atom is 0.293 e. The van der Waals surface area contributed by atoms with E-state index in [1.54, 1.807) is 10.7 Å². The fourth-order valence-electron chi connectivity index (χ4n) is 6.01. The molecule has 0 radical (unpaired) electrons. The highest BCUT2D eigenvalue weighted by Gasteiger charge is 2.67. The first-order valence-electron chi connectivity index (χ1n) is 14.7. The van der Waals surface area contributed by atoms with Crippen molar-refractivity contribution in [2.75, 3.05) is 6.61 Å². The lowest BCUT2D eigenvalue weighted by atomic mass is 10.0. The summed E-state index contributed by atoms with van der Waals surface area (Å²) in [7, 11) is -1.29. The average Bonchev–Trinajstić information content (AvgIpc) is 3.43. The van der Waals surface area contributed by atoms with E-state index in [0.29, 0.717) is 32.9 Å². The second-order valence-electron chi connectivity index (χ2n) is 13.0. The Morgan fingerprint density at radius 1 is 1.13 bits per heavy atom. The Kier molecular flexibility index (Phi) is 8.59. The standard InChI is InChI=1S/C30H31BrF6N6O2Si/c1-46(2,3)5-4-45-14-43-23-11-20(31)26(40-22(23)12-38-43)21(8-15-6-16(32)9-17(33)7-15)39-24(44)13-42-28-25(27(41-42)29(34)35)18-10-19(18)30(28,36)37/h6-7,9,11-12,18-19,21,29H,4-5,8,10,13-14H2,1-3H3,(H,39,44)/t18-,19+,21?/m0/s1. The van der Waals surface area contributed by atoms with Gasteiger partial charge in [-0.05, 0) is 64.5 Å². The number of hydrogen-bond donors (Lipinski definition) is 1. The molecule has 1 unspecified atom stereocenters. The van der Waals surface area contributed by atoms with Crippen LogP contribution in [0.1, 0.15) is 53.0 Å². The van der Waals surface area contributed by atoms with Crippen molar-refractivity contribution in [3.63, 3.8) is 0 Å². The monoisotopic (exact) mass is 728 g/mol. The van der Waals surface area contributed by atoms with Crippen molar-refractivity contribution >= 4 is 40.9 Å². The number of halogens is 7. The molecule has 6 rings (SSSR count). The Hall–Kier alpha value is -3.24. The van der Waals surface area contributed by atoms with Crippen LogP contribution in [-0.4, -0.2) is 45.1 Å². The molecule has 1 aromatic carbocycles. The molecule has 1 amide bonds. The SMILES string of the molecule is C[Si](C)(C)CCOCn1ncc2nc(C(Cc3cc(F)cc(F)c3)NC(=O)Cn3nc(C(F)F)c4c3C(F)(F)[C@@H]3C[C@H]43)c(Br)cc21. The smallest absolute Gasteiger partial charge is 0.293 e. The number of fused-ring (bicyclic) bond motifs is 4.